The predicted octanol–water partition coefficient (Wildman–Crippen LogP) is 4.68. The van der Waals surface area contributed by atoms with Gasteiger partial charge in [0.25, 0.3) is 5.56 Å². The smallest absolute Gasteiger partial charge is 0.262 e. The first-order valence-electron chi connectivity index (χ1n) is 12.4. The molecule has 1 amide bonds. The molecule has 196 valence electrons. The second kappa shape index (κ2) is 11.2. The number of ether oxygens (including phenoxy) is 3. The summed E-state index contributed by atoms with van der Waals surface area (Å²) in [5, 5.41) is 3.50. The fourth-order valence-electron chi connectivity index (χ4n) is 4.19. The summed E-state index contributed by atoms with van der Waals surface area (Å²) in [6.45, 7) is 4.81. The van der Waals surface area contributed by atoms with E-state index >= 15 is 0 Å². The molecular weight excluding hydrogens is 502 g/mol. The Kier molecular flexibility index (Phi) is 7.55. The number of aromatic nitrogens is 2. The third-order valence-corrected chi connectivity index (χ3v) is 7.77. The minimum absolute atomic E-state index is 0.103. The number of hydrogen-bond donors (Lipinski definition) is 1. The quantitative estimate of drug-likeness (QED) is 0.248. The molecule has 0 aliphatic carbocycles. The van der Waals surface area contributed by atoms with Crippen molar-refractivity contribution in [1.82, 2.24) is 14.9 Å². The van der Waals surface area contributed by atoms with Crippen molar-refractivity contribution in [2.45, 2.75) is 43.8 Å². The van der Waals surface area contributed by atoms with Crippen molar-refractivity contribution < 1.29 is 19.0 Å². The number of nitrogens with zero attached hydrogens (tertiary/aromatic N) is 2. The number of carbonyl (C=O) groups is 1. The molecular formula is C29H29N3O5S. The van der Waals surface area contributed by atoms with E-state index in [1.165, 1.54) is 17.3 Å². The second-order valence-corrected chi connectivity index (χ2v) is 10.2. The number of carbonyl (C=O) groups excluding carboxylic acids is 1. The van der Waals surface area contributed by atoms with Crippen molar-refractivity contribution in [3.8, 4) is 17.2 Å². The lowest BCUT2D eigenvalue weighted by atomic mass is 10.1. The molecule has 0 saturated carbocycles. The van der Waals surface area contributed by atoms with Crippen LogP contribution in [0.25, 0.3) is 10.9 Å². The molecule has 0 unspecified atom stereocenters. The van der Waals surface area contributed by atoms with Gasteiger partial charge >= 0.3 is 0 Å². The Morgan fingerprint density at radius 3 is 2.45 bits per heavy atom. The van der Waals surface area contributed by atoms with E-state index in [9.17, 15) is 9.59 Å². The van der Waals surface area contributed by atoms with Crippen molar-refractivity contribution in [2.24, 2.45) is 0 Å². The number of thioether (sulfide) groups is 1. The van der Waals surface area contributed by atoms with Gasteiger partial charge < -0.3 is 19.5 Å². The minimum Gasteiger partial charge on any atom is -0.497 e. The fourth-order valence-corrected chi connectivity index (χ4v) is 5.23. The molecule has 2 heterocycles. The maximum atomic E-state index is 13.7. The lowest BCUT2D eigenvalue weighted by Crippen LogP contribution is -2.33. The van der Waals surface area contributed by atoms with Crippen LogP contribution >= 0.6 is 11.8 Å². The molecule has 0 spiro atoms. The minimum atomic E-state index is -0.430. The first kappa shape index (κ1) is 25.7. The molecule has 1 atom stereocenters. The third-order valence-electron chi connectivity index (χ3n) is 6.41. The first-order valence-corrected chi connectivity index (χ1v) is 13.3. The van der Waals surface area contributed by atoms with Crippen LogP contribution in [0.2, 0.25) is 0 Å². The predicted molar refractivity (Wildman–Crippen MR) is 147 cm³/mol. The zero-order valence-electron chi connectivity index (χ0n) is 21.5. The van der Waals surface area contributed by atoms with E-state index in [1.54, 1.807) is 23.8 Å². The highest BCUT2D eigenvalue weighted by Crippen LogP contribution is 2.35. The summed E-state index contributed by atoms with van der Waals surface area (Å²) in [4.78, 5) is 31.7. The van der Waals surface area contributed by atoms with Crippen LogP contribution in [0.3, 0.4) is 0 Å². The number of methoxy groups -OCH3 is 1. The summed E-state index contributed by atoms with van der Waals surface area (Å²) in [5.41, 5.74) is 3.40. The van der Waals surface area contributed by atoms with Crippen molar-refractivity contribution in [3.63, 3.8) is 0 Å². The lowest BCUT2D eigenvalue weighted by Gasteiger charge is -2.18. The summed E-state index contributed by atoms with van der Waals surface area (Å²) in [7, 11) is 1.61. The van der Waals surface area contributed by atoms with Crippen LogP contribution < -0.4 is 25.1 Å². The van der Waals surface area contributed by atoms with Gasteiger partial charge in [-0.3, -0.25) is 14.2 Å². The number of nitrogens with one attached hydrogen (secondary N) is 1. The average molecular weight is 532 g/mol. The van der Waals surface area contributed by atoms with Crippen LogP contribution in [0.5, 0.6) is 17.2 Å². The first-order chi connectivity index (χ1) is 18.4. The van der Waals surface area contributed by atoms with Gasteiger partial charge in [-0.15, -0.1) is 0 Å². The number of hydrogen-bond acceptors (Lipinski definition) is 7. The molecule has 1 N–H and O–H groups in total. The zero-order valence-corrected chi connectivity index (χ0v) is 22.3. The summed E-state index contributed by atoms with van der Waals surface area (Å²) in [6, 6.07) is 19.0. The Balaban J connectivity index is 1.47. The van der Waals surface area contributed by atoms with Crippen molar-refractivity contribution in [1.29, 1.82) is 0 Å². The van der Waals surface area contributed by atoms with Crippen LogP contribution in [0.15, 0.2) is 70.6 Å². The molecule has 3 aromatic carbocycles. The molecule has 0 fully saturated rings. The molecule has 1 aromatic heterocycles. The van der Waals surface area contributed by atoms with Gasteiger partial charge in [-0.25, -0.2) is 4.98 Å². The SMILES string of the molecule is CC[C@H](Sc1nc2cc3c(cc2c(=O)n1Cc1ccc(OC)cc1)OCO3)C(=O)NCc1ccc(C)cc1. The van der Waals surface area contributed by atoms with Gasteiger partial charge in [0.15, 0.2) is 16.7 Å². The highest BCUT2D eigenvalue weighted by Gasteiger charge is 2.24. The summed E-state index contributed by atoms with van der Waals surface area (Å²) >= 11 is 1.29. The molecule has 0 saturated heterocycles. The number of amides is 1. The average Bonchev–Trinajstić information content (AvgIpc) is 3.40. The summed E-state index contributed by atoms with van der Waals surface area (Å²) in [5.74, 6) is 1.70. The molecule has 0 radical (unpaired) electrons. The van der Waals surface area contributed by atoms with E-state index in [1.807, 2.05) is 62.4 Å². The van der Waals surface area contributed by atoms with Crippen molar-refractivity contribution in [3.05, 3.63) is 87.7 Å². The number of aryl methyl sites for hydroxylation is 1. The number of fused-ring (bicyclic) bond motifs is 2. The van der Waals surface area contributed by atoms with Gasteiger partial charge in [0.1, 0.15) is 5.75 Å². The topological polar surface area (TPSA) is 91.7 Å². The molecule has 0 bridgehead atoms. The van der Waals surface area contributed by atoms with E-state index in [4.69, 9.17) is 19.2 Å². The largest absolute Gasteiger partial charge is 0.497 e. The maximum Gasteiger partial charge on any atom is 0.262 e. The fraction of sp³-hybridized carbons (Fsp3) is 0.276. The van der Waals surface area contributed by atoms with Gasteiger partial charge in [-0.2, -0.15) is 0 Å². The Hall–Kier alpha value is -3.98. The van der Waals surface area contributed by atoms with Crippen molar-refractivity contribution in [2.75, 3.05) is 13.9 Å². The Morgan fingerprint density at radius 2 is 1.76 bits per heavy atom. The molecule has 1 aliphatic rings. The summed E-state index contributed by atoms with van der Waals surface area (Å²) in [6.07, 6.45) is 0.571. The molecule has 5 rings (SSSR count). The van der Waals surface area contributed by atoms with E-state index in [0.29, 0.717) is 47.1 Å². The molecule has 1 aliphatic heterocycles. The Morgan fingerprint density at radius 1 is 1.08 bits per heavy atom. The van der Waals surface area contributed by atoms with Gasteiger partial charge in [0.05, 0.1) is 29.8 Å². The van der Waals surface area contributed by atoms with E-state index < -0.39 is 5.25 Å². The molecule has 9 heteroatoms. The van der Waals surface area contributed by atoms with Crippen LogP contribution in [-0.2, 0) is 17.9 Å². The number of benzene rings is 3. The Bertz CT molecular complexity index is 1520. The van der Waals surface area contributed by atoms with E-state index in [0.717, 1.165) is 16.9 Å². The van der Waals surface area contributed by atoms with E-state index in [2.05, 4.69) is 5.32 Å². The number of rotatable bonds is 9. The molecule has 4 aromatic rings. The molecule has 38 heavy (non-hydrogen) atoms. The second-order valence-electron chi connectivity index (χ2n) is 9.07. The van der Waals surface area contributed by atoms with Crippen molar-refractivity contribution >= 4 is 28.6 Å². The van der Waals surface area contributed by atoms with Crippen LogP contribution in [0, 0.1) is 6.92 Å². The monoisotopic (exact) mass is 531 g/mol. The standard InChI is InChI=1S/C29H29N3O5S/c1-4-26(27(33)30-15-19-7-5-18(2)6-8-19)38-29-31-23-14-25-24(36-17-37-25)13-22(23)28(34)32(29)16-20-9-11-21(35-3)12-10-20/h5-14,26H,4,15-17H2,1-3H3,(H,30,33)/t26-/m0/s1. The zero-order chi connectivity index (χ0) is 26.6. The van der Waals surface area contributed by atoms with Gasteiger partial charge in [-0.1, -0.05) is 60.6 Å². The van der Waals surface area contributed by atoms with Gasteiger partial charge in [0.2, 0.25) is 12.7 Å². The van der Waals surface area contributed by atoms with E-state index in [-0.39, 0.29) is 18.3 Å². The normalized spacial score (nSPS) is 12.9. The van der Waals surface area contributed by atoms with Gasteiger partial charge in [-0.05, 0) is 42.7 Å². The van der Waals surface area contributed by atoms with Crippen LogP contribution in [0.1, 0.15) is 30.0 Å². The summed E-state index contributed by atoms with van der Waals surface area (Å²) < 4.78 is 17.9. The maximum absolute atomic E-state index is 13.7. The molecule has 8 nitrogen and oxygen atoms in total. The Labute approximate surface area is 224 Å². The lowest BCUT2D eigenvalue weighted by molar-refractivity contribution is -0.120. The highest BCUT2D eigenvalue weighted by atomic mass is 32.2. The highest BCUT2D eigenvalue weighted by molar-refractivity contribution is 8.00. The van der Waals surface area contributed by atoms with Gasteiger partial charge in [0, 0.05) is 12.6 Å². The third kappa shape index (κ3) is 5.47. The van der Waals surface area contributed by atoms with Crippen LogP contribution in [-0.4, -0.2) is 34.6 Å². The van der Waals surface area contributed by atoms with Crippen LogP contribution in [0.4, 0.5) is 0 Å².